The van der Waals surface area contributed by atoms with Gasteiger partial charge in [0.05, 0.1) is 10.0 Å². The largest absolute Gasteiger partial charge is 0.399 e. The maximum atomic E-state index is 12.7. The number of nitrogen functional groups attached to an aromatic ring is 1. The van der Waals surface area contributed by atoms with Crippen molar-refractivity contribution in [1.82, 2.24) is 4.31 Å². The van der Waals surface area contributed by atoms with Crippen LogP contribution in [0.5, 0.6) is 0 Å². The Labute approximate surface area is 135 Å². The smallest absolute Gasteiger partial charge is 0.246 e. The van der Waals surface area contributed by atoms with Crippen LogP contribution in [0.1, 0.15) is 12.8 Å². The third kappa shape index (κ3) is 3.63. The second-order valence-electron chi connectivity index (χ2n) is 5.12. The summed E-state index contributed by atoms with van der Waals surface area (Å²) in [5.74, 6) is 0.388. The molecule has 8 heteroatoms. The van der Waals surface area contributed by atoms with Gasteiger partial charge in [0.25, 0.3) is 0 Å². The maximum Gasteiger partial charge on any atom is 0.246 e. The number of sulfonamides is 1. The minimum atomic E-state index is -3.71. The molecule has 2 N–H and O–H groups in total. The Morgan fingerprint density at radius 3 is 2.29 bits per heavy atom. The van der Waals surface area contributed by atoms with E-state index in [1.54, 1.807) is 7.11 Å². The Kier molecular flexibility index (Phi) is 5.38. The molecule has 5 nitrogen and oxygen atoms in total. The predicted molar refractivity (Wildman–Crippen MR) is 84.2 cm³/mol. The van der Waals surface area contributed by atoms with Gasteiger partial charge in [-0.3, -0.25) is 0 Å². The van der Waals surface area contributed by atoms with Gasteiger partial charge in [-0.1, -0.05) is 23.2 Å². The molecule has 1 fully saturated rings. The van der Waals surface area contributed by atoms with Crippen LogP contribution in [0.3, 0.4) is 0 Å². The number of piperidine rings is 1. The number of nitrogens with two attached hydrogens (primary N) is 1. The zero-order valence-corrected chi connectivity index (χ0v) is 14.0. The average molecular weight is 353 g/mol. The van der Waals surface area contributed by atoms with E-state index in [1.165, 1.54) is 16.4 Å². The summed E-state index contributed by atoms with van der Waals surface area (Å²) in [6.07, 6.45) is 1.52. The molecule has 1 aliphatic heterocycles. The van der Waals surface area contributed by atoms with Crippen LogP contribution in [0.2, 0.25) is 10.0 Å². The monoisotopic (exact) mass is 352 g/mol. The van der Waals surface area contributed by atoms with Crippen LogP contribution in [0, 0.1) is 5.92 Å². The summed E-state index contributed by atoms with van der Waals surface area (Å²) in [6, 6.07) is 2.80. The SMILES string of the molecule is COCC1CCN(S(=O)(=O)c2c(Cl)cc(N)cc2Cl)CC1. The summed E-state index contributed by atoms with van der Waals surface area (Å²) in [5.41, 5.74) is 5.95. The molecule has 0 bridgehead atoms. The number of ether oxygens (including phenoxy) is 1. The number of rotatable bonds is 4. The van der Waals surface area contributed by atoms with Crippen molar-refractivity contribution >= 4 is 38.9 Å². The van der Waals surface area contributed by atoms with E-state index < -0.39 is 10.0 Å². The summed E-state index contributed by atoms with van der Waals surface area (Å²) >= 11 is 12.1. The van der Waals surface area contributed by atoms with E-state index in [9.17, 15) is 8.42 Å². The molecule has 0 saturated carbocycles. The number of hydrogen-bond acceptors (Lipinski definition) is 4. The first kappa shape index (κ1) is 16.8. The van der Waals surface area contributed by atoms with Crippen molar-refractivity contribution in [2.24, 2.45) is 5.92 Å². The highest BCUT2D eigenvalue weighted by Gasteiger charge is 2.32. The van der Waals surface area contributed by atoms with Crippen molar-refractivity contribution in [3.05, 3.63) is 22.2 Å². The van der Waals surface area contributed by atoms with Gasteiger partial charge in [0.15, 0.2) is 0 Å². The highest BCUT2D eigenvalue weighted by Crippen LogP contribution is 2.35. The number of benzene rings is 1. The standard InChI is InChI=1S/C13H18Cl2N2O3S/c1-20-8-9-2-4-17(5-3-9)21(18,19)13-11(14)6-10(16)7-12(13)15/h6-7,9H,2-5,8,16H2,1H3. The molecule has 0 radical (unpaired) electrons. The van der Waals surface area contributed by atoms with Crippen molar-refractivity contribution in [2.45, 2.75) is 17.7 Å². The molecule has 1 aromatic rings. The van der Waals surface area contributed by atoms with Crippen molar-refractivity contribution < 1.29 is 13.2 Å². The first-order chi connectivity index (χ1) is 9.86. The third-order valence-electron chi connectivity index (χ3n) is 3.59. The van der Waals surface area contributed by atoms with E-state index in [1.807, 2.05) is 0 Å². The van der Waals surface area contributed by atoms with Gasteiger partial charge in [-0.15, -0.1) is 0 Å². The van der Waals surface area contributed by atoms with Crippen molar-refractivity contribution in [3.8, 4) is 0 Å². The van der Waals surface area contributed by atoms with Crippen molar-refractivity contribution in [2.75, 3.05) is 32.5 Å². The molecule has 0 aromatic heterocycles. The number of hydrogen-bond donors (Lipinski definition) is 1. The van der Waals surface area contributed by atoms with Crippen LogP contribution in [-0.2, 0) is 14.8 Å². The summed E-state index contributed by atoms with van der Waals surface area (Å²) in [5, 5.41) is 0.109. The molecule has 1 heterocycles. The van der Waals surface area contributed by atoms with Gasteiger partial charge in [-0.25, -0.2) is 8.42 Å². The van der Waals surface area contributed by atoms with E-state index in [4.69, 9.17) is 33.7 Å². The fourth-order valence-corrected chi connectivity index (χ4v) is 5.16. The average Bonchev–Trinajstić information content (AvgIpc) is 2.38. The third-order valence-corrected chi connectivity index (χ3v) is 6.42. The van der Waals surface area contributed by atoms with E-state index in [-0.39, 0.29) is 14.9 Å². The molecule has 21 heavy (non-hydrogen) atoms. The molecule has 1 saturated heterocycles. The molecular formula is C13H18Cl2N2O3S. The molecule has 1 aromatic carbocycles. The quantitative estimate of drug-likeness (QED) is 0.845. The Morgan fingerprint density at radius 1 is 1.29 bits per heavy atom. The van der Waals surface area contributed by atoms with Gasteiger partial charge in [-0.05, 0) is 30.9 Å². The van der Waals surface area contributed by atoms with Crippen LogP contribution >= 0.6 is 23.2 Å². The minimum Gasteiger partial charge on any atom is -0.399 e. The summed E-state index contributed by atoms with van der Waals surface area (Å²) in [4.78, 5) is -0.0646. The van der Waals surface area contributed by atoms with Gasteiger partial charge in [0.1, 0.15) is 4.90 Å². The van der Waals surface area contributed by atoms with Crippen LogP contribution in [0.15, 0.2) is 17.0 Å². The lowest BCUT2D eigenvalue weighted by atomic mass is 9.99. The van der Waals surface area contributed by atoms with E-state index >= 15 is 0 Å². The normalized spacial score (nSPS) is 18.0. The fourth-order valence-electron chi connectivity index (χ4n) is 2.51. The lowest BCUT2D eigenvalue weighted by molar-refractivity contribution is 0.121. The number of nitrogens with zero attached hydrogens (tertiary/aromatic N) is 1. The van der Waals surface area contributed by atoms with E-state index in [2.05, 4.69) is 0 Å². The Bertz CT molecular complexity index is 591. The lowest BCUT2D eigenvalue weighted by Gasteiger charge is -2.31. The molecule has 0 atom stereocenters. The predicted octanol–water partition coefficient (Wildman–Crippen LogP) is 2.62. The van der Waals surface area contributed by atoms with Crippen LogP contribution < -0.4 is 5.73 Å². The Morgan fingerprint density at radius 2 is 1.81 bits per heavy atom. The summed E-state index contributed by atoms with van der Waals surface area (Å²) < 4.78 is 31.9. The molecule has 0 unspecified atom stereocenters. The molecular weight excluding hydrogens is 335 g/mol. The fraction of sp³-hybridized carbons (Fsp3) is 0.538. The topological polar surface area (TPSA) is 72.6 Å². The molecule has 118 valence electrons. The highest BCUT2D eigenvalue weighted by atomic mass is 35.5. The van der Waals surface area contributed by atoms with Gasteiger partial charge in [0, 0.05) is 32.5 Å². The molecule has 2 rings (SSSR count). The van der Waals surface area contributed by atoms with Crippen LogP contribution in [0.4, 0.5) is 5.69 Å². The Balaban J connectivity index is 2.24. The second-order valence-corrected chi connectivity index (χ2v) is 7.81. The van der Waals surface area contributed by atoms with E-state index in [0.29, 0.717) is 31.3 Å². The van der Waals surface area contributed by atoms with Crippen molar-refractivity contribution in [3.63, 3.8) is 0 Å². The van der Waals surface area contributed by atoms with Gasteiger partial charge in [-0.2, -0.15) is 4.31 Å². The maximum absolute atomic E-state index is 12.7. The van der Waals surface area contributed by atoms with E-state index in [0.717, 1.165) is 12.8 Å². The molecule has 0 spiro atoms. The first-order valence-corrected chi connectivity index (χ1v) is 8.79. The van der Waals surface area contributed by atoms with Crippen molar-refractivity contribution in [1.29, 1.82) is 0 Å². The number of methoxy groups -OCH3 is 1. The van der Waals surface area contributed by atoms with Gasteiger partial charge < -0.3 is 10.5 Å². The minimum absolute atomic E-state index is 0.0546. The lowest BCUT2D eigenvalue weighted by Crippen LogP contribution is -2.39. The number of halogens is 2. The van der Waals surface area contributed by atoms with Crippen LogP contribution in [-0.4, -0.2) is 39.5 Å². The zero-order valence-electron chi connectivity index (χ0n) is 11.7. The highest BCUT2D eigenvalue weighted by molar-refractivity contribution is 7.89. The zero-order chi connectivity index (χ0) is 15.6. The Hall–Kier alpha value is -0.530. The first-order valence-electron chi connectivity index (χ1n) is 6.60. The van der Waals surface area contributed by atoms with Crippen LogP contribution in [0.25, 0.3) is 0 Å². The molecule has 0 amide bonds. The number of anilines is 1. The summed E-state index contributed by atoms with van der Waals surface area (Å²) in [7, 11) is -2.06. The molecule has 0 aliphatic carbocycles. The van der Waals surface area contributed by atoms with Gasteiger partial charge in [0.2, 0.25) is 10.0 Å². The van der Waals surface area contributed by atoms with Gasteiger partial charge >= 0.3 is 0 Å². The molecule has 1 aliphatic rings. The second kappa shape index (κ2) is 6.71. The summed E-state index contributed by atoms with van der Waals surface area (Å²) in [6.45, 7) is 1.53.